The van der Waals surface area contributed by atoms with Crippen molar-refractivity contribution in [3.63, 3.8) is 0 Å². The predicted molar refractivity (Wildman–Crippen MR) is 80.5 cm³/mol. The second-order valence-electron chi connectivity index (χ2n) is 4.44. The van der Waals surface area contributed by atoms with Crippen LogP contribution in [0.2, 0.25) is 0 Å². The van der Waals surface area contributed by atoms with Crippen molar-refractivity contribution >= 4 is 22.5 Å². The Kier molecular flexibility index (Phi) is 3.47. The van der Waals surface area contributed by atoms with Crippen LogP contribution < -0.4 is 10.1 Å². The number of anilines is 1. The summed E-state index contributed by atoms with van der Waals surface area (Å²) in [6.45, 7) is 0. The molecule has 104 valence electrons. The number of fused-ring (bicyclic) bond motifs is 1. The summed E-state index contributed by atoms with van der Waals surface area (Å²) < 4.78 is 5.07. The molecule has 1 amide bonds. The van der Waals surface area contributed by atoms with E-state index in [0.717, 1.165) is 16.7 Å². The summed E-state index contributed by atoms with van der Waals surface area (Å²) in [4.78, 5) is 20.5. The van der Waals surface area contributed by atoms with Gasteiger partial charge in [-0.3, -0.25) is 4.79 Å². The summed E-state index contributed by atoms with van der Waals surface area (Å²) in [6, 6.07) is 14.6. The summed E-state index contributed by atoms with van der Waals surface area (Å²) in [5.41, 5.74) is 1.41. The van der Waals surface area contributed by atoms with Crippen LogP contribution in [0.15, 0.2) is 54.7 Å². The number of rotatable bonds is 3. The Morgan fingerprint density at radius 3 is 2.62 bits per heavy atom. The number of carbonyl (C=O) groups excluding carboxylic acids is 1. The van der Waals surface area contributed by atoms with E-state index in [-0.39, 0.29) is 11.7 Å². The van der Waals surface area contributed by atoms with E-state index in [1.165, 1.54) is 0 Å². The molecule has 1 aromatic heterocycles. The van der Waals surface area contributed by atoms with Crippen LogP contribution in [0, 0.1) is 0 Å². The third-order valence-electron chi connectivity index (χ3n) is 3.04. The van der Waals surface area contributed by atoms with Crippen LogP contribution in [0.1, 0.15) is 10.6 Å². The molecule has 1 heterocycles. The fraction of sp³-hybridized carbons (Fsp3) is 0.0625. The SMILES string of the molecule is COc1ccc(NC(=O)c2ncc3ccccc3n2)cc1. The van der Waals surface area contributed by atoms with E-state index in [0.29, 0.717) is 5.69 Å². The van der Waals surface area contributed by atoms with Gasteiger partial charge in [0.25, 0.3) is 5.91 Å². The van der Waals surface area contributed by atoms with E-state index < -0.39 is 0 Å². The van der Waals surface area contributed by atoms with Gasteiger partial charge in [-0.1, -0.05) is 18.2 Å². The number of ether oxygens (including phenoxy) is 1. The Hall–Kier alpha value is -2.95. The van der Waals surface area contributed by atoms with Crippen LogP contribution in [0.4, 0.5) is 5.69 Å². The highest BCUT2D eigenvalue weighted by Crippen LogP contribution is 2.16. The van der Waals surface area contributed by atoms with Gasteiger partial charge in [0.2, 0.25) is 5.82 Å². The Bertz CT molecular complexity index is 785. The first kappa shape index (κ1) is 13.1. The highest BCUT2D eigenvalue weighted by atomic mass is 16.5. The molecule has 0 atom stereocenters. The first-order valence-electron chi connectivity index (χ1n) is 6.43. The summed E-state index contributed by atoms with van der Waals surface area (Å²) in [6.07, 6.45) is 1.64. The number of amides is 1. The van der Waals surface area contributed by atoms with Gasteiger partial charge in [-0.05, 0) is 30.3 Å². The average molecular weight is 279 g/mol. The standard InChI is InChI=1S/C16H13N3O2/c1-21-13-8-6-12(7-9-13)18-16(20)15-17-10-11-4-2-3-5-14(11)19-15/h2-10H,1H3,(H,18,20). The lowest BCUT2D eigenvalue weighted by atomic mass is 10.2. The lowest BCUT2D eigenvalue weighted by Gasteiger charge is -2.06. The summed E-state index contributed by atoms with van der Waals surface area (Å²) in [5.74, 6) is 0.533. The van der Waals surface area contributed by atoms with E-state index in [2.05, 4.69) is 15.3 Å². The molecule has 0 fully saturated rings. The number of carbonyl (C=O) groups is 1. The quantitative estimate of drug-likeness (QED) is 0.800. The fourth-order valence-electron chi connectivity index (χ4n) is 1.94. The Labute approximate surface area is 121 Å². The van der Waals surface area contributed by atoms with Gasteiger partial charge in [0.15, 0.2) is 0 Å². The minimum absolute atomic E-state index is 0.143. The van der Waals surface area contributed by atoms with Crippen LogP contribution in [-0.2, 0) is 0 Å². The van der Waals surface area contributed by atoms with Gasteiger partial charge in [0, 0.05) is 17.3 Å². The maximum Gasteiger partial charge on any atom is 0.293 e. The van der Waals surface area contributed by atoms with Crippen molar-refractivity contribution in [2.75, 3.05) is 12.4 Å². The maximum absolute atomic E-state index is 12.1. The van der Waals surface area contributed by atoms with Crippen molar-refractivity contribution in [2.45, 2.75) is 0 Å². The van der Waals surface area contributed by atoms with E-state index >= 15 is 0 Å². The Balaban J connectivity index is 1.82. The third-order valence-corrected chi connectivity index (χ3v) is 3.04. The molecule has 0 saturated carbocycles. The summed E-state index contributed by atoms with van der Waals surface area (Å²) >= 11 is 0. The van der Waals surface area contributed by atoms with E-state index in [1.54, 1.807) is 37.6 Å². The van der Waals surface area contributed by atoms with Crippen molar-refractivity contribution in [1.82, 2.24) is 9.97 Å². The number of para-hydroxylation sites is 1. The van der Waals surface area contributed by atoms with Gasteiger partial charge in [0.1, 0.15) is 5.75 Å². The normalized spacial score (nSPS) is 10.3. The van der Waals surface area contributed by atoms with Gasteiger partial charge in [-0.15, -0.1) is 0 Å². The number of aromatic nitrogens is 2. The van der Waals surface area contributed by atoms with Crippen molar-refractivity contribution < 1.29 is 9.53 Å². The van der Waals surface area contributed by atoms with Gasteiger partial charge in [-0.2, -0.15) is 0 Å². The van der Waals surface area contributed by atoms with Gasteiger partial charge >= 0.3 is 0 Å². The minimum atomic E-state index is -0.342. The number of nitrogens with zero attached hydrogens (tertiary/aromatic N) is 2. The number of benzene rings is 2. The zero-order valence-electron chi connectivity index (χ0n) is 11.4. The zero-order chi connectivity index (χ0) is 14.7. The van der Waals surface area contributed by atoms with Crippen molar-refractivity contribution in [3.05, 3.63) is 60.6 Å². The first-order valence-corrected chi connectivity index (χ1v) is 6.43. The predicted octanol–water partition coefficient (Wildman–Crippen LogP) is 2.89. The molecule has 21 heavy (non-hydrogen) atoms. The molecule has 0 aliphatic heterocycles. The molecule has 0 unspecified atom stereocenters. The fourth-order valence-corrected chi connectivity index (χ4v) is 1.94. The lowest BCUT2D eigenvalue weighted by molar-refractivity contribution is 0.101. The smallest absolute Gasteiger partial charge is 0.293 e. The molecule has 1 N–H and O–H groups in total. The zero-order valence-corrected chi connectivity index (χ0v) is 11.4. The van der Waals surface area contributed by atoms with Crippen molar-refractivity contribution in [2.24, 2.45) is 0 Å². The first-order chi connectivity index (χ1) is 10.3. The molecule has 5 nitrogen and oxygen atoms in total. The topological polar surface area (TPSA) is 64.1 Å². The van der Waals surface area contributed by atoms with Crippen LogP contribution in [-0.4, -0.2) is 23.0 Å². The van der Waals surface area contributed by atoms with Crippen LogP contribution >= 0.6 is 0 Å². The van der Waals surface area contributed by atoms with Gasteiger partial charge < -0.3 is 10.1 Å². The number of nitrogens with one attached hydrogen (secondary N) is 1. The number of hydrogen-bond donors (Lipinski definition) is 1. The largest absolute Gasteiger partial charge is 0.497 e. The summed E-state index contributed by atoms with van der Waals surface area (Å²) in [5, 5.41) is 3.66. The molecule has 0 aliphatic carbocycles. The second kappa shape index (κ2) is 5.58. The molecule has 3 aromatic rings. The van der Waals surface area contributed by atoms with Crippen LogP contribution in [0.25, 0.3) is 10.9 Å². The second-order valence-corrected chi connectivity index (χ2v) is 4.44. The Morgan fingerprint density at radius 1 is 1.10 bits per heavy atom. The molecule has 0 bridgehead atoms. The van der Waals surface area contributed by atoms with Gasteiger partial charge in [0.05, 0.1) is 12.6 Å². The maximum atomic E-state index is 12.1. The highest BCUT2D eigenvalue weighted by molar-refractivity contribution is 6.02. The third kappa shape index (κ3) is 2.81. The molecular formula is C16H13N3O2. The Morgan fingerprint density at radius 2 is 1.86 bits per heavy atom. The number of methoxy groups -OCH3 is 1. The minimum Gasteiger partial charge on any atom is -0.497 e. The molecule has 5 heteroatoms. The van der Waals surface area contributed by atoms with E-state index in [1.807, 2.05) is 24.3 Å². The summed E-state index contributed by atoms with van der Waals surface area (Å²) in [7, 11) is 1.59. The molecule has 0 aliphatic rings. The molecule has 3 rings (SSSR count). The van der Waals surface area contributed by atoms with Crippen LogP contribution in [0.3, 0.4) is 0 Å². The van der Waals surface area contributed by atoms with E-state index in [4.69, 9.17) is 4.74 Å². The van der Waals surface area contributed by atoms with Gasteiger partial charge in [-0.25, -0.2) is 9.97 Å². The van der Waals surface area contributed by atoms with E-state index in [9.17, 15) is 4.79 Å². The highest BCUT2D eigenvalue weighted by Gasteiger charge is 2.10. The van der Waals surface area contributed by atoms with Crippen molar-refractivity contribution in [1.29, 1.82) is 0 Å². The molecule has 0 radical (unpaired) electrons. The molecular weight excluding hydrogens is 266 g/mol. The van der Waals surface area contributed by atoms with Crippen molar-refractivity contribution in [3.8, 4) is 5.75 Å². The number of hydrogen-bond acceptors (Lipinski definition) is 4. The lowest BCUT2D eigenvalue weighted by Crippen LogP contribution is -2.15. The molecule has 2 aromatic carbocycles. The molecule has 0 saturated heterocycles. The monoisotopic (exact) mass is 279 g/mol. The molecule has 0 spiro atoms. The van der Waals surface area contributed by atoms with Crippen LogP contribution in [0.5, 0.6) is 5.75 Å². The average Bonchev–Trinajstić information content (AvgIpc) is 2.55.